The van der Waals surface area contributed by atoms with Crippen molar-refractivity contribution in [2.75, 3.05) is 5.32 Å². The molecule has 20 heavy (non-hydrogen) atoms. The molecule has 0 fully saturated rings. The standard InChI is InChI=1S/C14H9Cl2N3S/c15-12-4-2-1-3-10(12)11-6-5-9(7-13(11)16)19-14(18)20-8-17/h1-7H,(H2,18,19). The Morgan fingerprint density at radius 3 is 2.45 bits per heavy atom. The number of anilines is 1. The molecule has 2 aromatic rings. The van der Waals surface area contributed by atoms with Gasteiger partial charge in [-0.2, -0.15) is 5.26 Å². The maximum Gasteiger partial charge on any atom is 0.173 e. The summed E-state index contributed by atoms with van der Waals surface area (Å²) in [5.41, 5.74) is 2.33. The monoisotopic (exact) mass is 321 g/mol. The fraction of sp³-hybridized carbons (Fsp3) is 0. The summed E-state index contributed by atoms with van der Waals surface area (Å²) in [4.78, 5) is 0. The average Bonchev–Trinajstić information content (AvgIpc) is 2.40. The van der Waals surface area contributed by atoms with Crippen molar-refractivity contribution < 1.29 is 0 Å². The van der Waals surface area contributed by atoms with E-state index in [9.17, 15) is 0 Å². The molecule has 0 aliphatic rings. The second-order valence-corrected chi connectivity index (χ2v) is 5.43. The van der Waals surface area contributed by atoms with Crippen molar-refractivity contribution in [1.29, 1.82) is 10.7 Å². The first-order valence-electron chi connectivity index (χ1n) is 5.58. The number of amidine groups is 1. The molecule has 0 heterocycles. The quantitative estimate of drug-likeness (QED) is 0.452. The SMILES string of the molecule is N#CSC(=N)Nc1ccc(-c2ccccc2Cl)c(Cl)c1. The highest BCUT2D eigenvalue weighted by atomic mass is 35.5. The topological polar surface area (TPSA) is 59.7 Å². The normalized spacial score (nSPS) is 9.85. The van der Waals surface area contributed by atoms with Crippen molar-refractivity contribution in [2.45, 2.75) is 0 Å². The molecular weight excluding hydrogens is 313 g/mol. The van der Waals surface area contributed by atoms with E-state index >= 15 is 0 Å². The zero-order chi connectivity index (χ0) is 14.5. The molecular formula is C14H9Cl2N3S. The Kier molecular flexibility index (Phi) is 4.91. The van der Waals surface area contributed by atoms with Crippen LogP contribution in [0.2, 0.25) is 10.0 Å². The molecule has 0 unspecified atom stereocenters. The largest absolute Gasteiger partial charge is 0.334 e. The molecule has 0 radical (unpaired) electrons. The number of nitrogens with zero attached hydrogens (tertiary/aromatic N) is 1. The maximum atomic E-state index is 8.48. The van der Waals surface area contributed by atoms with E-state index < -0.39 is 0 Å². The fourth-order valence-electron chi connectivity index (χ4n) is 1.69. The summed E-state index contributed by atoms with van der Waals surface area (Å²) < 4.78 is 0. The van der Waals surface area contributed by atoms with Crippen molar-refractivity contribution in [2.24, 2.45) is 0 Å². The third-order valence-corrected chi connectivity index (χ3v) is 3.58. The van der Waals surface area contributed by atoms with Gasteiger partial charge in [-0.3, -0.25) is 5.41 Å². The van der Waals surface area contributed by atoms with Crippen LogP contribution in [0.5, 0.6) is 0 Å². The first-order valence-corrected chi connectivity index (χ1v) is 7.15. The Bertz CT molecular complexity index is 695. The van der Waals surface area contributed by atoms with Gasteiger partial charge in [0.1, 0.15) is 5.40 Å². The van der Waals surface area contributed by atoms with Gasteiger partial charge in [-0.15, -0.1) is 0 Å². The van der Waals surface area contributed by atoms with Gasteiger partial charge < -0.3 is 5.32 Å². The highest BCUT2D eigenvalue weighted by molar-refractivity contribution is 8.17. The number of rotatable bonds is 2. The second kappa shape index (κ2) is 6.67. The van der Waals surface area contributed by atoms with Crippen molar-refractivity contribution in [3.63, 3.8) is 0 Å². The Hall–Kier alpha value is -1.67. The van der Waals surface area contributed by atoms with Crippen LogP contribution >= 0.6 is 35.0 Å². The molecule has 6 heteroatoms. The smallest absolute Gasteiger partial charge is 0.173 e. The lowest BCUT2D eigenvalue weighted by Crippen LogP contribution is -2.04. The molecule has 2 rings (SSSR count). The Morgan fingerprint density at radius 1 is 1.10 bits per heavy atom. The first kappa shape index (κ1) is 14.7. The van der Waals surface area contributed by atoms with E-state index in [1.54, 1.807) is 18.2 Å². The van der Waals surface area contributed by atoms with Gasteiger partial charge in [0.05, 0.1) is 5.02 Å². The van der Waals surface area contributed by atoms with Crippen LogP contribution < -0.4 is 5.32 Å². The molecule has 0 saturated carbocycles. The highest BCUT2D eigenvalue weighted by Crippen LogP contribution is 2.34. The Morgan fingerprint density at radius 2 is 1.80 bits per heavy atom. The Labute approximate surface area is 131 Å². The van der Waals surface area contributed by atoms with Crippen molar-refractivity contribution in [1.82, 2.24) is 0 Å². The number of hydrogen-bond donors (Lipinski definition) is 2. The van der Waals surface area contributed by atoms with Gasteiger partial charge in [-0.05, 0) is 18.2 Å². The molecule has 0 amide bonds. The number of nitrogens with one attached hydrogen (secondary N) is 2. The third kappa shape index (κ3) is 3.45. The number of thioether (sulfide) groups is 1. The first-order chi connectivity index (χ1) is 9.61. The van der Waals surface area contributed by atoms with Gasteiger partial charge in [0.15, 0.2) is 5.17 Å². The van der Waals surface area contributed by atoms with Crippen LogP contribution in [0.4, 0.5) is 5.69 Å². The molecule has 100 valence electrons. The minimum Gasteiger partial charge on any atom is -0.334 e. The van der Waals surface area contributed by atoms with Gasteiger partial charge in [0.2, 0.25) is 0 Å². The molecule has 0 aliphatic heterocycles. The second-order valence-electron chi connectivity index (χ2n) is 3.82. The third-order valence-electron chi connectivity index (χ3n) is 2.54. The number of hydrogen-bond acceptors (Lipinski definition) is 3. The fourth-order valence-corrected chi connectivity index (χ4v) is 2.47. The summed E-state index contributed by atoms with van der Waals surface area (Å²) in [6, 6.07) is 12.8. The number of halogens is 2. The van der Waals surface area contributed by atoms with Gasteiger partial charge in [0.25, 0.3) is 0 Å². The average molecular weight is 322 g/mol. The summed E-state index contributed by atoms with van der Waals surface area (Å²) in [5.74, 6) is 0. The van der Waals surface area contributed by atoms with E-state index in [1.165, 1.54) is 0 Å². The lowest BCUT2D eigenvalue weighted by Gasteiger charge is -2.10. The minimum absolute atomic E-state index is 0.0501. The van der Waals surface area contributed by atoms with E-state index in [-0.39, 0.29) is 5.17 Å². The summed E-state index contributed by atoms with van der Waals surface area (Å²) in [6.45, 7) is 0. The Balaban J connectivity index is 2.30. The van der Waals surface area contributed by atoms with Gasteiger partial charge in [-0.1, -0.05) is 47.5 Å². The predicted molar refractivity (Wildman–Crippen MR) is 86.5 cm³/mol. The van der Waals surface area contributed by atoms with E-state index in [0.29, 0.717) is 15.7 Å². The van der Waals surface area contributed by atoms with Gasteiger partial charge in [-0.25, -0.2) is 0 Å². The van der Waals surface area contributed by atoms with E-state index in [4.69, 9.17) is 33.9 Å². The lowest BCUT2D eigenvalue weighted by molar-refractivity contribution is 1.51. The van der Waals surface area contributed by atoms with Crippen LogP contribution in [0, 0.1) is 16.1 Å². The predicted octanol–water partition coefficient (Wildman–Crippen LogP) is 5.22. The molecule has 0 saturated heterocycles. The molecule has 0 bridgehead atoms. The van der Waals surface area contributed by atoms with Crippen LogP contribution in [0.3, 0.4) is 0 Å². The molecule has 0 spiro atoms. The van der Waals surface area contributed by atoms with E-state index in [1.807, 2.05) is 29.7 Å². The van der Waals surface area contributed by atoms with Crippen molar-refractivity contribution in [3.8, 4) is 16.5 Å². The summed E-state index contributed by atoms with van der Waals surface area (Å²) in [6.07, 6.45) is 0. The van der Waals surface area contributed by atoms with Gasteiger partial charge >= 0.3 is 0 Å². The molecule has 3 nitrogen and oxygen atoms in total. The maximum absolute atomic E-state index is 8.48. The van der Waals surface area contributed by atoms with Crippen LogP contribution in [-0.4, -0.2) is 5.17 Å². The molecule has 0 atom stereocenters. The molecule has 2 aromatic carbocycles. The molecule has 0 aliphatic carbocycles. The van der Waals surface area contributed by atoms with Gasteiger partial charge in [0, 0.05) is 33.6 Å². The lowest BCUT2D eigenvalue weighted by atomic mass is 10.1. The van der Waals surface area contributed by atoms with E-state index in [2.05, 4.69) is 5.32 Å². The number of benzene rings is 2. The number of thiocyanates is 1. The minimum atomic E-state index is 0.0501. The molecule has 0 aromatic heterocycles. The summed E-state index contributed by atoms with van der Waals surface area (Å²) in [7, 11) is 0. The number of nitriles is 1. The highest BCUT2D eigenvalue weighted by Gasteiger charge is 2.08. The summed E-state index contributed by atoms with van der Waals surface area (Å²) in [5, 5.41) is 21.8. The van der Waals surface area contributed by atoms with E-state index in [0.717, 1.165) is 22.9 Å². The van der Waals surface area contributed by atoms with Crippen LogP contribution in [0.1, 0.15) is 0 Å². The zero-order valence-electron chi connectivity index (χ0n) is 10.2. The van der Waals surface area contributed by atoms with Crippen molar-refractivity contribution in [3.05, 3.63) is 52.5 Å². The van der Waals surface area contributed by atoms with Crippen LogP contribution in [0.15, 0.2) is 42.5 Å². The van der Waals surface area contributed by atoms with Crippen LogP contribution in [-0.2, 0) is 0 Å². The van der Waals surface area contributed by atoms with Crippen molar-refractivity contribution >= 4 is 45.8 Å². The van der Waals surface area contributed by atoms with Crippen LogP contribution in [0.25, 0.3) is 11.1 Å². The summed E-state index contributed by atoms with van der Waals surface area (Å²) >= 11 is 13.2. The zero-order valence-corrected chi connectivity index (χ0v) is 12.5. The molecule has 2 N–H and O–H groups in total.